The fraction of sp³-hybridized carbons (Fsp3) is 0.474. The monoisotopic (exact) mass is 344 g/mol. The lowest BCUT2D eigenvalue weighted by Crippen LogP contribution is -2.50. The Kier molecular flexibility index (Phi) is 4.22. The molecule has 2 amide bonds. The molecule has 2 aliphatic heterocycles. The Morgan fingerprint density at radius 3 is 2.64 bits per heavy atom. The van der Waals surface area contributed by atoms with Crippen LogP contribution in [0.25, 0.3) is 6.08 Å². The minimum Gasteiger partial charge on any atom is -0.495 e. The van der Waals surface area contributed by atoms with Crippen molar-refractivity contribution >= 4 is 18.1 Å². The van der Waals surface area contributed by atoms with Crippen LogP contribution in [-0.2, 0) is 4.74 Å². The first-order valence-electron chi connectivity index (χ1n) is 8.39. The predicted octanol–water partition coefficient (Wildman–Crippen LogP) is 3.09. The average molecular weight is 344 g/mol. The number of hydrogen-bond acceptors (Lipinski definition) is 4. The van der Waals surface area contributed by atoms with Crippen LogP contribution in [0, 0.1) is 0 Å². The lowest BCUT2D eigenvalue weighted by molar-refractivity contribution is 0.00656. The first kappa shape index (κ1) is 17.3. The molecule has 0 radical (unpaired) electrons. The lowest BCUT2D eigenvalue weighted by atomic mass is 9.99. The molecular weight excluding hydrogens is 320 g/mol. The van der Waals surface area contributed by atoms with Gasteiger partial charge in [-0.3, -0.25) is 4.79 Å². The zero-order valence-corrected chi connectivity index (χ0v) is 15.2. The summed E-state index contributed by atoms with van der Waals surface area (Å²) in [6.07, 6.45) is 1.33. The second-order valence-corrected chi connectivity index (χ2v) is 7.30. The van der Waals surface area contributed by atoms with E-state index in [2.05, 4.69) is 6.58 Å². The standard InChI is InChI=1S/C19H24N2O4/c1-6-12-7-8-13-14-11-20(18(23)25-19(2,3)4)9-10-21(14)17(22)15(13)16(12)24-5/h6-8,14H,1,9-11H2,2-5H3. The Bertz CT molecular complexity index is 736. The number of piperazine rings is 1. The molecule has 1 unspecified atom stereocenters. The topological polar surface area (TPSA) is 59.1 Å². The number of carbonyl (C=O) groups excluding carboxylic acids is 2. The number of amides is 2. The molecule has 1 atom stereocenters. The van der Waals surface area contributed by atoms with Gasteiger partial charge in [0.05, 0.1) is 18.7 Å². The molecule has 134 valence electrons. The van der Waals surface area contributed by atoms with Gasteiger partial charge in [-0.05, 0) is 26.3 Å². The average Bonchev–Trinajstić information content (AvgIpc) is 2.85. The van der Waals surface area contributed by atoms with Gasteiger partial charge in [-0.2, -0.15) is 0 Å². The summed E-state index contributed by atoms with van der Waals surface area (Å²) in [6.45, 7) is 10.7. The summed E-state index contributed by atoms with van der Waals surface area (Å²) in [6, 6.07) is 3.65. The summed E-state index contributed by atoms with van der Waals surface area (Å²) in [5.41, 5.74) is 1.72. The van der Waals surface area contributed by atoms with E-state index in [0.717, 1.165) is 11.1 Å². The van der Waals surface area contributed by atoms with E-state index >= 15 is 0 Å². The van der Waals surface area contributed by atoms with Crippen molar-refractivity contribution < 1.29 is 19.1 Å². The third-order valence-corrected chi connectivity index (χ3v) is 4.51. The first-order chi connectivity index (χ1) is 11.8. The molecule has 0 bridgehead atoms. The molecule has 3 rings (SSSR count). The Balaban J connectivity index is 1.91. The number of ether oxygens (including phenoxy) is 2. The van der Waals surface area contributed by atoms with Crippen LogP contribution in [0.15, 0.2) is 18.7 Å². The molecule has 0 aliphatic carbocycles. The van der Waals surface area contributed by atoms with E-state index in [1.54, 1.807) is 23.0 Å². The quantitative estimate of drug-likeness (QED) is 0.827. The summed E-state index contributed by atoms with van der Waals surface area (Å²) < 4.78 is 10.9. The number of fused-ring (bicyclic) bond motifs is 3. The zero-order valence-electron chi connectivity index (χ0n) is 15.2. The molecule has 0 saturated carbocycles. The summed E-state index contributed by atoms with van der Waals surface area (Å²) in [7, 11) is 1.56. The van der Waals surface area contributed by atoms with E-state index in [4.69, 9.17) is 9.47 Å². The molecule has 1 fully saturated rings. The van der Waals surface area contributed by atoms with Gasteiger partial charge < -0.3 is 19.3 Å². The van der Waals surface area contributed by atoms with Gasteiger partial charge in [0, 0.05) is 25.2 Å². The minimum absolute atomic E-state index is 0.0515. The largest absolute Gasteiger partial charge is 0.495 e. The van der Waals surface area contributed by atoms with Crippen molar-refractivity contribution in [2.75, 3.05) is 26.7 Å². The van der Waals surface area contributed by atoms with Gasteiger partial charge in [-0.25, -0.2) is 4.79 Å². The van der Waals surface area contributed by atoms with Gasteiger partial charge in [0.2, 0.25) is 0 Å². The molecular formula is C19H24N2O4. The maximum Gasteiger partial charge on any atom is 0.410 e. The normalized spacial score (nSPS) is 19.4. The molecule has 0 N–H and O–H groups in total. The summed E-state index contributed by atoms with van der Waals surface area (Å²) in [5.74, 6) is 0.500. The Labute approximate surface area is 148 Å². The molecule has 2 aliphatic rings. The van der Waals surface area contributed by atoms with Crippen LogP contribution < -0.4 is 4.74 Å². The zero-order chi connectivity index (χ0) is 18.4. The van der Waals surface area contributed by atoms with E-state index in [-0.39, 0.29) is 18.0 Å². The second kappa shape index (κ2) is 6.10. The van der Waals surface area contributed by atoms with Crippen molar-refractivity contribution in [2.45, 2.75) is 32.4 Å². The van der Waals surface area contributed by atoms with Gasteiger partial charge in [-0.15, -0.1) is 0 Å². The molecule has 6 nitrogen and oxygen atoms in total. The minimum atomic E-state index is -0.542. The first-order valence-corrected chi connectivity index (χ1v) is 8.39. The maximum absolute atomic E-state index is 12.9. The van der Waals surface area contributed by atoms with Crippen molar-refractivity contribution in [2.24, 2.45) is 0 Å². The molecule has 1 aromatic carbocycles. The van der Waals surface area contributed by atoms with E-state index in [1.807, 2.05) is 32.9 Å². The molecule has 2 heterocycles. The number of rotatable bonds is 2. The molecule has 0 spiro atoms. The summed E-state index contributed by atoms with van der Waals surface area (Å²) in [4.78, 5) is 28.7. The predicted molar refractivity (Wildman–Crippen MR) is 94.7 cm³/mol. The maximum atomic E-state index is 12.9. The van der Waals surface area contributed by atoms with Crippen LogP contribution in [0.3, 0.4) is 0 Å². The highest BCUT2D eigenvalue weighted by atomic mass is 16.6. The third-order valence-electron chi connectivity index (χ3n) is 4.51. The SMILES string of the molecule is C=Cc1ccc2c(c1OC)C(=O)N1CCN(C(=O)OC(C)(C)C)CC21. The fourth-order valence-corrected chi connectivity index (χ4v) is 3.42. The van der Waals surface area contributed by atoms with Crippen LogP contribution >= 0.6 is 0 Å². The van der Waals surface area contributed by atoms with Gasteiger partial charge in [0.1, 0.15) is 11.4 Å². The molecule has 25 heavy (non-hydrogen) atoms. The highest BCUT2D eigenvalue weighted by Crippen LogP contribution is 2.42. The molecule has 6 heteroatoms. The van der Waals surface area contributed by atoms with E-state index in [1.165, 1.54) is 0 Å². The van der Waals surface area contributed by atoms with Crippen LogP contribution in [0.5, 0.6) is 5.75 Å². The van der Waals surface area contributed by atoms with Crippen LogP contribution in [0.4, 0.5) is 4.79 Å². The van der Waals surface area contributed by atoms with Gasteiger partial charge >= 0.3 is 6.09 Å². The number of hydrogen-bond donors (Lipinski definition) is 0. The van der Waals surface area contributed by atoms with Crippen molar-refractivity contribution in [1.29, 1.82) is 0 Å². The van der Waals surface area contributed by atoms with E-state index < -0.39 is 5.60 Å². The van der Waals surface area contributed by atoms with Crippen LogP contribution in [0.1, 0.15) is 48.3 Å². The van der Waals surface area contributed by atoms with Crippen molar-refractivity contribution in [3.63, 3.8) is 0 Å². The molecule has 0 aromatic heterocycles. The Morgan fingerprint density at radius 2 is 2.04 bits per heavy atom. The van der Waals surface area contributed by atoms with E-state index in [0.29, 0.717) is 30.9 Å². The van der Waals surface area contributed by atoms with Crippen molar-refractivity contribution in [1.82, 2.24) is 9.80 Å². The fourth-order valence-electron chi connectivity index (χ4n) is 3.42. The highest BCUT2D eigenvalue weighted by Gasteiger charge is 2.44. The van der Waals surface area contributed by atoms with Crippen LogP contribution in [-0.4, -0.2) is 54.1 Å². The van der Waals surface area contributed by atoms with Crippen molar-refractivity contribution in [3.05, 3.63) is 35.4 Å². The van der Waals surface area contributed by atoms with Gasteiger partial charge in [0.15, 0.2) is 0 Å². The second-order valence-electron chi connectivity index (χ2n) is 7.30. The lowest BCUT2D eigenvalue weighted by Gasteiger charge is -2.38. The Morgan fingerprint density at radius 1 is 1.32 bits per heavy atom. The number of carbonyl (C=O) groups is 2. The highest BCUT2D eigenvalue weighted by molar-refractivity contribution is 6.03. The molecule has 1 aromatic rings. The number of methoxy groups -OCH3 is 1. The summed E-state index contributed by atoms with van der Waals surface area (Å²) in [5, 5.41) is 0. The van der Waals surface area contributed by atoms with Crippen molar-refractivity contribution in [3.8, 4) is 5.75 Å². The van der Waals surface area contributed by atoms with Gasteiger partial charge in [0.25, 0.3) is 5.91 Å². The third kappa shape index (κ3) is 2.97. The summed E-state index contributed by atoms with van der Waals surface area (Å²) >= 11 is 0. The smallest absolute Gasteiger partial charge is 0.410 e. The number of benzene rings is 1. The van der Waals surface area contributed by atoms with E-state index in [9.17, 15) is 9.59 Å². The number of nitrogens with zero attached hydrogens (tertiary/aromatic N) is 2. The van der Waals surface area contributed by atoms with Crippen LogP contribution in [0.2, 0.25) is 0 Å². The Hall–Kier alpha value is -2.50. The van der Waals surface area contributed by atoms with Gasteiger partial charge in [-0.1, -0.05) is 24.8 Å². The molecule has 1 saturated heterocycles.